The van der Waals surface area contributed by atoms with Crippen LogP contribution in [0.1, 0.15) is 32.1 Å². The lowest BCUT2D eigenvalue weighted by atomic mass is 10.1. The molecule has 0 spiro atoms. The molecule has 0 radical (unpaired) electrons. The number of hydrogen-bond donors (Lipinski definition) is 0. The Morgan fingerprint density at radius 3 is 2.73 bits per heavy atom. The number of hydrogen-bond acceptors (Lipinski definition) is 2. The molecular weight excluding hydrogens is 251 g/mol. The molecule has 0 amide bonds. The van der Waals surface area contributed by atoms with Gasteiger partial charge in [-0.25, -0.2) is 0 Å². The molecule has 11 heavy (non-hydrogen) atoms. The quantitative estimate of drug-likeness (QED) is 0.486. The first-order chi connectivity index (χ1) is 5.39. The van der Waals surface area contributed by atoms with E-state index in [0.717, 1.165) is 13.1 Å². The zero-order valence-corrected chi connectivity index (χ0v) is 8.96. The third-order valence-electron chi connectivity index (χ3n) is 1.87. The molecule has 1 rings (SSSR count). The molecule has 0 aromatic rings. The van der Waals surface area contributed by atoms with Crippen molar-refractivity contribution in [2.24, 2.45) is 4.99 Å². The van der Waals surface area contributed by atoms with Crippen molar-refractivity contribution in [3.8, 4) is 0 Å². The minimum atomic E-state index is 1.01. The van der Waals surface area contributed by atoms with E-state index in [1.54, 1.807) is 0 Å². The molecule has 0 bridgehead atoms. The highest BCUT2D eigenvalue weighted by Crippen LogP contribution is 2.07. The highest BCUT2D eigenvalue weighted by atomic mass is 127. The van der Waals surface area contributed by atoms with Crippen molar-refractivity contribution in [1.29, 1.82) is 0 Å². The van der Waals surface area contributed by atoms with Crippen molar-refractivity contribution in [2.75, 3.05) is 13.1 Å². The van der Waals surface area contributed by atoms with Gasteiger partial charge in [0.1, 0.15) is 0 Å². The minimum Gasteiger partial charge on any atom is -0.306 e. The Hall–Kier alpha value is 0.200. The summed E-state index contributed by atoms with van der Waals surface area (Å²) in [4.78, 5) is 4.31. The van der Waals surface area contributed by atoms with Gasteiger partial charge in [0, 0.05) is 13.1 Å². The molecule has 0 N–H and O–H groups in total. The van der Waals surface area contributed by atoms with Gasteiger partial charge >= 0.3 is 0 Å². The lowest BCUT2D eigenvalue weighted by Gasteiger charge is -2.11. The average Bonchev–Trinajstić information content (AvgIpc) is 2.03. The molecule has 0 aromatic carbocycles. The Balaban J connectivity index is 2.26. The van der Waals surface area contributed by atoms with Gasteiger partial charge < -0.3 is 3.11 Å². The maximum Gasteiger partial charge on any atom is 0.0936 e. The smallest absolute Gasteiger partial charge is 0.0936 e. The second-order valence-corrected chi connectivity index (χ2v) is 4.15. The molecular formula is C8H15IN2. The van der Waals surface area contributed by atoms with E-state index in [4.69, 9.17) is 0 Å². The summed E-state index contributed by atoms with van der Waals surface area (Å²) >= 11 is 2.31. The molecule has 0 fully saturated rings. The molecule has 3 heteroatoms. The van der Waals surface area contributed by atoms with Crippen LogP contribution in [0.2, 0.25) is 0 Å². The molecule has 1 aliphatic rings. The van der Waals surface area contributed by atoms with E-state index < -0.39 is 0 Å². The number of rotatable bonds is 0. The average molecular weight is 266 g/mol. The third kappa shape index (κ3) is 4.61. The Morgan fingerprint density at radius 1 is 1.09 bits per heavy atom. The van der Waals surface area contributed by atoms with Gasteiger partial charge in [-0.3, -0.25) is 4.99 Å². The van der Waals surface area contributed by atoms with Gasteiger partial charge in [0.25, 0.3) is 0 Å². The monoisotopic (exact) mass is 266 g/mol. The molecule has 2 nitrogen and oxygen atoms in total. The highest BCUT2D eigenvalue weighted by Gasteiger charge is 1.96. The first-order valence-electron chi connectivity index (χ1n) is 4.32. The number of halogens is 1. The van der Waals surface area contributed by atoms with Gasteiger partial charge in [0.05, 0.1) is 29.2 Å². The van der Waals surface area contributed by atoms with Crippen molar-refractivity contribution < 1.29 is 0 Å². The summed E-state index contributed by atoms with van der Waals surface area (Å²) in [7, 11) is 0. The van der Waals surface area contributed by atoms with E-state index in [0.29, 0.717) is 0 Å². The first-order valence-corrected chi connectivity index (χ1v) is 5.28. The summed E-state index contributed by atoms with van der Waals surface area (Å²) in [6.07, 6.45) is 8.67. The molecule has 1 aliphatic heterocycles. The number of aliphatic imine (C=N–C) groups is 1. The van der Waals surface area contributed by atoms with Crippen molar-refractivity contribution in [3.05, 3.63) is 0 Å². The fraction of sp³-hybridized carbons (Fsp3) is 0.875. The van der Waals surface area contributed by atoms with Crippen LogP contribution in [-0.4, -0.2) is 22.5 Å². The summed E-state index contributed by atoms with van der Waals surface area (Å²) < 4.78 is 2.16. The van der Waals surface area contributed by atoms with Crippen molar-refractivity contribution in [2.45, 2.75) is 32.1 Å². The minimum absolute atomic E-state index is 1.01. The van der Waals surface area contributed by atoms with Crippen LogP contribution in [0.5, 0.6) is 0 Å². The second-order valence-electron chi connectivity index (χ2n) is 2.91. The molecule has 0 atom stereocenters. The lowest BCUT2D eigenvalue weighted by Crippen LogP contribution is -2.11. The predicted octanol–water partition coefficient (Wildman–Crippen LogP) is 2.63. The predicted molar refractivity (Wildman–Crippen MR) is 57.2 cm³/mol. The largest absolute Gasteiger partial charge is 0.306 e. The van der Waals surface area contributed by atoms with Crippen LogP contribution in [0.25, 0.3) is 0 Å². The SMILES string of the molecule is IN1C=NCCCCCCC1. The molecule has 0 saturated heterocycles. The van der Waals surface area contributed by atoms with Crippen LogP contribution in [0.15, 0.2) is 4.99 Å². The summed E-state index contributed by atoms with van der Waals surface area (Å²) in [6.45, 7) is 2.17. The van der Waals surface area contributed by atoms with Gasteiger partial charge in [-0.2, -0.15) is 0 Å². The highest BCUT2D eigenvalue weighted by molar-refractivity contribution is 14.1. The van der Waals surface area contributed by atoms with Gasteiger partial charge in [-0.05, 0) is 12.8 Å². The normalized spacial score (nSPS) is 21.7. The summed E-state index contributed by atoms with van der Waals surface area (Å²) in [5, 5.41) is 0. The molecule has 64 valence electrons. The van der Waals surface area contributed by atoms with E-state index in [9.17, 15) is 0 Å². The third-order valence-corrected chi connectivity index (χ3v) is 2.60. The van der Waals surface area contributed by atoms with Crippen LogP contribution in [0.3, 0.4) is 0 Å². The Labute approximate surface area is 82.6 Å². The van der Waals surface area contributed by atoms with E-state index in [-0.39, 0.29) is 0 Å². The van der Waals surface area contributed by atoms with Gasteiger partial charge in [-0.15, -0.1) is 0 Å². The maximum absolute atomic E-state index is 4.31. The van der Waals surface area contributed by atoms with Crippen LogP contribution in [-0.2, 0) is 0 Å². The summed E-state index contributed by atoms with van der Waals surface area (Å²) in [5.41, 5.74) is 0. The Morgan fingerprint density at radius 2 is 1.82 bits per heavy atom. The van der Waals surface area contributed by atoms with Crippen molar-refractivity contribution in [1.82, 2.24) is 3.11 Å². The maximum atomic E-state index is 4.31. The van der Waals surface area contributed by atoms with Crippen molar-refractivity contribution >= 4 is 29.2 Å². The fourth-order valence-corrected chi connectivity index (χ4v) is 1.72. The van der Waals surface area contributed by atoms with E-state index in [1.165, 1.54) is 32.1 Å². The van der Waals surface area contributed by atoms with Gasteiger partial charge in [0.2, 0.25) is 0 Å². The summed E-state index contributed by atoms with van der Waals surface area (Å²) in [6, 6.07) is 0. The lowest BCUT2D eigenvalue weighted by molar-refractivity contribution is 0.568. The van der Waals surface area contributed by atoms with Crippen LogP contribution >= 0.6 is 22.9 Å². The standard InChI is InChI=1S/C8H15IN2/c9-11-7-5-3-1-2-4-6-10-8-11/h8H,1-7H2. The van der Waals surface area contributed by atoms with Gasteiger partial charge in [-0.1, -0.05) is 19.3 Å². The number of nitrogens with zero attached hydrogens (tertiary/aromatic N) is 2. The summed E-state index contributed by atoms with van der Waals surface area (Å²) in [5.74, 6) is 0. The molecule has 1 heterocycles. The Bertz CT molecular complexity index is 125. The zero-order chi connectivity index (χ0) is 7.94. The second kappa shape index (κ2) is 5.80. The van der Waals surface area contributed by atoms with Crippen LogP contribution in [0, 0.1) is 0 Å². The van der Waals surface area contributed by atoms with Crippen LogP contribution in [0.4, 0.5) is 0 Å². The van der Waals surface area contributed by atoms with Gasteiger partial charge in [0.15, 0.2) is 0 Å². The fourth-order valence-electron chi connectivity index (χ4n) is 1.20. The van der Waals surface area contributed by atoms with Crippen LogP contribution < -0.4 is 0 Å². The molecule has 0 saturated carbocycles. The zero-order valence-electron chi connectivity index (χ0n) is 6.80. The van der Waals surface area contributed by atoms with E-state index in [1.807, 2.05) is 6.34 Å². The Kier molecular flexibility index (Phi) is 4.90. The van der Waals surface area contributed by atoms with E-state index in [2.05, 4.69) is 31.0 Å². The van der Waals surface area contributed by atoms with Crippen molar-refractivity contribution in [3.63, 3.8) is 0 Å². The molecule has 0 aliphatic carbocycles. The van der Waals surface area contributed by atoms with E-state index >= 15 is 0 Å². The first kappa shape index (κ1) is 9.29. The molecule has 0 aromatic heterocycles. The molecule has 0 unspecified atom stereocenters. The topological polar surface area (TPSA) is 15.6 Å².